The smallest absolute Gasteiger partial charge is 0.305 e. The molecule has 1 aliphatic heterocycles. The fourth-order valence-corrected chi connectivity index (χ4v) is 3.46. The molecule has 1 aromatic rings. The summed E-state index contributed by atoms with van der Waals surface area (Å²) in [5.74, 6) is -2.43. The molecule has 1 saturated heterocycles. The molecule has 33 heavy (non-hydrogen) atoms. The molecular formula is C22H30N4O7. The largest absolute Gasteiger partial charge is 0.497 e. The zero-order valence-corrected chi connectivity index (χ0v) is 18.9. The minimum Gasteiger partial charge on any atom is -0.497 e. The molecule has 0 saturated carbocycles. The molecule has 4 N–H and O–H groups in total. The van der Waals surface area contributed by atoms with E-state index in [-0.39, 0.29) is 19.0 Å². The number of nitrogens with zero attached hydrogens (tertiary/aromatic N) is 1. The van der Waals surface area contributed by atoms with Gasteiger partial charge in [0.05, 0.1) is 19.6 Å². The Labute approximate surface area is 191 Å². The number of piperazine rings is 1. The van der Waals surface area contributed by atoms with E-state index in [9.17, 15) is 24.0 Å². The van der Waals surface area contributed by atoms with Crippen molar-refractivity contribution in [1.29, 1.82) is 0 Å². The van der Waals surface area contributed by atoms with Crippen molar-refractivity contribution in [3.05, 3.63) is 29.8 Å². The number of methoxy groups -OCH3 is 1. The topological polar surface area (TPSA) is 154 Å². The van der Waals surface area contributed by atoms with Crippen molar-refractivity contribution in [2.75, 3.05) is 26.7 Å². The van der Waals surface area contributed by atoms with Crippen molar-refractivity contribution < 1.29 is 33.8 Å². The van der Waals surface area contributed by atoms with Crippen LogP contribution in [0.15, 0.2) is 24.3 Å². The monoisotopic (exact) mass is 462 g/mol. The molecule has 0 spiro atoms. The maximum Gasteiger partial charge on any atom is 0.305 e. The van der Waals surface area contributed by atoms with Gasteiger partial charge in [-0.15, -0.1) is 0 Å². The van der Waals surface area contributed by atoms with Crippen LogP contribution >= 0.6 is 0 Å². The summed E-state index contributed by atoms with van der Waals surface area (Å²) in [7, 11) is 1.52. The van der Waals surface area contributed by atoms with Crippen LogP contribution in [0.5, 0.6) is 5.75 Å². The molecule has 11 nitrogen and oxygen atoms in total. The Hall–Kier alpha value is -3.47. The molecule has 11 heteroatoms. The van der Waals surface area contributed by atoms with Crippen molar-refractivity contribution in [2.45, 2.75) is 38.4 Å². The summed E-state index contributed by atoms with van der Waals surface area (Å²) in [5, 5.41) is 17.0. The van der Waals surface area contributed by atoms with Crippen LogP contribution in [-0.4, -0.2) is 84.9 Å². The summed E-state index contributed by atoms with van der Waals surface area (Å²) in [4.78, 5) is 62.3. The predicted molar refractivity (Wildman–Crippen MR) is 118 cm³/mol. The Kier molecular flexibility index (Phi) is 9.34. The number of rotatable bonds is 10. The Bertz CT molecular complexity index is 872. The van der Waals surface area contributed by atoms with Crippen LogP contribution in [-0.2, 0) is 19.2 Å². The molecule has 1 fully saturated rings. The standard InChI is InChI=1S/C22H30N4O7/c1-13(2)19(25-20(30)14-4-6-16(33-3)7-5-14)22(32)26-9-8-23-11-17(26)21(31)24-15(12-27)10-18(28)29/h4-7,12-13,15,17,19,23H,8-11H2,1-3H3,(H,24,31)(H,25,30)(H,28,29)/t15?,17-,19-/m0/s1. The molecule has 1 heterocycles. The molecule has 3 amide bonds. The fraction of sp³-hybridized carbons (Fsp3) is 0.500. The number of ether oxygens (including phenoxy) is 1. The number of carboxylic acid groups (broad SMARTS) is 1. The first-order valence-corrected chi connectivity index (χ1v) is 10.6. The van der Waals surface area contributed by atoms with Crippen molar-refractivity contribution >= 4 is 30.0 Å². The molecule has 2 rings (SSSR count). The van der Waals surface area contributed by atoms with Gasteiger partial charge in [0, 0.05) is 25.2 Å². The number of nitrogens with one attached hydrogen (secondary N) is 3. The second kappa shape index (κ2) is 12.0. The summed E-state index contributed by atoms with van der Waals surface area (Å²) >= 11 is 0. The zero-order valence-electron chi connectivity index (χ0n) is 18.9. The fourth-order valence-electron chi connectivity index (χ4n) is 3.46. The van der Waals surface area contributed by atoms with Gasteiger partial charge in [0.25, 0.3) is 5.91 Å². The van der Waals surface area contributed by atoms with Crippen LogP contribution in [0.3, 0.4) is 0 Å². The van der Waals surface area contributed by atoms with Crippen molar-refractivity contribution in [1.82, 2.24) is 20.9 Å². The highest BCUT2D eigenvalue weighted by Crippen LogP contribution is 2.15. The quantitative estimate of drug-likeness (QED) is 0.337. The van der Waals surface area contributed by atoms with E-state index in [1.807, 2.05) is 0 Å². The van der Waals surface area contributed by atoms with E-state index in [1.54, 1.807) is 38.1 Å². The summed E-state index contributed by atoms with van der Waals surface area (Å²) in [6, 6.07) is 3.38. The van der Waals surface area contributed by atoms with Gasteiger partial charge in [-0.1, -0.05) is 13.8 Å². The van der Waals surface area contributed by atoms with Crippen LogP contribution in [0.25, 0.3) is 0 Å². The molecule has 180 valence electrons. The SMILES string of the molecule is COc1ccc(C(=O)N[C@H](C(=O)N2CCNC[C@H]2C(=O)NC(C=O)CC(=O)O)C(C)C)cc1. The number of carbonyl (C=O) groups is 5. The van der Waals surface area contributed by atoms with Crippen LogP contribution in [0, 0.1) is 5.92 Å². The van der Waals surface area contributed by atoms with E-state index < -0.39 is 48.2 Å². The number of hydrogen-bond donors (Lipinski definition) is 4. The molecule has 0 aliphatic carbocycles. The number of aliphatic carboxylic acids is 1. The van der Waals surface area contributed by atoms with Gasteiger partial charge in [-0.2, -0.15) is 0 Å². The van der Waals surface area contributed by atoms with Crippen molar-refractivity contribution in [3.8, 4) is 5.75 Å². The molecule has 1 aromatic carbocycles. The molecular weight excluding hydrogens is 432 g/mol. The highest BCUT2D eigenvalue weighted by Gasteiger charge is 2.38. The van der Waals surface area contributed by atoms with E-state index in [0.29, 0.717) is 24.1 Å². The van der Waals surface area contributed by atoms with Gasteiger partial charge in [-0.3, -0.25) is 19.2 Å². The molecule has 0 bridgehead atoms. The highest BCUT2D eigenvalue weighted by molar-refractivity contribution is 5.99. The van der Waals surface area contributed by atoms with Gasteiger partial charge in [0.2, 0.25) is 11.8 Å². The van der Waals surface area contributed by atoms with Crippen molar-refractivity contribution in [3.63, 3.8) is 0 Å². The minimum atomic E-state index is -1.23. The third kappa shape index (κ3) is 7.01. The van der Waals surface area contributed by atoms with Crippen LogP contribution in [0.4, 0.5) is 0 Å². The lowest BCUT2D eigenvalue weighted by Crippen LogP contribution is -2.64. The summed E-state index contributed by atoms with van der Waals surface area (Å²) < 4.78 is 5.09. The van der Waals surface area contributed by atoms with E-state index in [1.165, 1.54) is 12.0 Å². The van der Waals surface area contributed by atoms with Crippen LogP contribution in [0.2, 0.25) is 0 Å². The lowest BCUT2D eigenvalue weighted by atomic mass is 10.00. The minimum absolute atomic E-state index is 0.132. The first kappa shape index (κ1) is 25.8. The third-order valence-corrected chi connectivity index (χ3v) is 5.29. The molecule has 1 unspecified atom stereocenters. The summed E-state index contributed by atoms with van der Waals surface area (Å²) in [5.41, 5.74) is 0.353. The predicted octanol–water partition coefficient (Wildman–Crippen LogP) is -0.592. The number of hydrogen-bond acceptors (Lipinski definition) is 7. The molecule has 1 aliphatic rings. The lowest BCUT2D eigenvalue weighted by Gasteiger charge is -2.38. The van der Waals surface area contributed by atoms with Gasteiger partial charge in [-0.05, 0) is 30.2 Å². The number of carbonyl (C=O) groups excluding carboxylic acids is 4. The highest BCUT2D eigenvalue weighted by atomic mass is 16.5. The average Bonchev–Trinajstić information content (AvgIpc) is 2.80. The van der Waals surface area contributed by atoms with Crippen LogP contribution in [0.1, 0.15) is 30.6 Å². The maximum absolute atomic E-state index is 13.4. The number of amides is 3. The van der Waals surface area contributed by atoms with Gasteiger partial charge in [-0.25, -0.2) is 0 Å². The zero-order chi connectivity index (χ0) is 24.5. The first-order chi connectivity index (χ1) is 15.7. The van der Waals surface area contributed by atoms with Gasteiger partial charge in [0.15, 0.2) is 0 Å². The van der Waals surface area contributed by atoms with E-state index >= 15 is 0 Å². The summed E-state index contributed by atoms with van der Waals surface area (Å²) in [6.07, 6.45) is -0.212. The van der Waals surface area contributed by atoms with E-state index in [2.05, 4.69) is 16.0 Å². The third-order valence-electron chi connectivity index (χ3n) is 5.29. The van der Waals surface area contributed by atoms with Crippen molar-refractivity contribution in [2.24, 2.45) is 5.92 Å². The normalized spacial score (nSPS) is 17.6. The Morgan fingerprint density at radius 1 is 1.21 bits per heavy atom. The number of benzene rings is 1. The van der Waals surface area contributed by atoms with E-state index in [4.69, 9.17) is 9.84 Å². The second-order valence-electron chi connectivity index (χ2n) is 8.02. The van der Waals surface area contributed by atoms with E-state index in [0.717, 1.165) is 0 Å². The van der Waals surface area contributed by atoms with Gasteiger partial charge in [0.1, 0.15) is 24.1 Å². The molecule has 0 radical (unpaired) electrons. The first-order valence-electron chi connectivity index (χ1n) is 10.6. The van der Waals surface area contributed by atoms with Gasteiger partial charge < -0.3 is 35.5 Å². The second-order valence-corrected chi connectivity index (χ2v) is 8.02. The maximum atomic E-state index is 13.4. The lowest BCUT2D eigenvalue weighted by molar-refractivity contribution is -0.145. The Morgan fingerprint density at radius 2 is 1.88 bits per heavy atom. The molecule has 0 aromatic heterocycles. The number of carboxylic acids is 1. The number of aldehydes is 1. The average molecular weight is 463 g/mol. The Balaban J connectivity index is 2.16. The summed E-state index contributed by atoms with van der Waals surface area (Å²) in [6.45, 7) is 4.35. The molecule has 3 atom stereocenters. The van der Waals surface area contributed by atoms with Gasteiger partial charge >= 0.3 is 5.97 Å². The Morgan fingerprint density at radius 3 is 2.42 bits per heavy atom. The van der Waals surface area contributed by atoms with Crippen LogP contribution < -0.4 is 20.7 Å².